The van der Waals surface area contributed by atoms with Crippen molar-refractivity contribution in [2.45, 2.75) is 16.7 Å². The maximum atomic E-state index is 12.3. The zero-order valence-electron chi connectivity index (χ0n) is 10.9. The van der Waals surface area contributed by atoms with Crippen molar-refractivity contribution >= 4 is 15.8 Å². The van der Waals surface area contributed by atoms with Gasteiger partial charge in [-0.25, -0.2) is 13.2 Å². The van der Waals surface area contributed by atoms with E-state index in [0.717, 1.165) is 0 Å². The largest absolute Gasteiger partial charge is 0.462 e. The van der Waals surface area contributed by atoms with Crippen LogP contribution in [-0.2, 0) is 14.6 Å². The molecule has 0 aliphatic heterocycles. The molecule has 4 nitrogen and oxygen atoms in total. The minimum Gasteiger partial charge on any atom is -0.462 e. The molecule has 2 aromatic rings. The highest BCUT2D eigenvalue weighted by Gasteiger charge is 2.17. The number of carbonyl (C=O) groups excluding carboxylic acids is 1. The Hall–Kier alpha value is -2.14. The van der Waals surface area contributed by atoms with Gasteiger partial charge in [-0.1, -0.05) is 18.2 Å². The van der Waals surface area contributed by atoms with Gasteiger partial charge in [-0.05, 0) is 43.3 Å². The van der Waals surface area contributed by atoms with Crippen LogP contribution in [0, 0.1) is 0 Å². The van der Waals surface area contributed by atoms with Gasteiger partial charge < -0.3 is 4.74 Å². The van der Waals surface area contributed by atoms with E-state index in [9.17, 15) is 13.2 Å². The molecule has 0 atom stereocenters. The van der Waals surface area contributed by atoms with E-state index in [1.165, 1.54) is 36.4 Å². The van der Waals surface area contributed by atoms with Crippen LogP contribution in [0.4, 0.5) is 0 Å². The second-order valence-electron chi connectivity index (χ2n) is 4.06. The Morgan fingerprint density at radius 2 is 1.50 bits per heavy atom. The SMILES string of the molecule is CCOC(=O)c1ccc(S(=O)(=O)c2ccccc2)cc1. The van der Waals surface area contributed by atoms with Crippen LogP contribution < -0.4 is 0 Å². The molecule has 0 heterocycles. The van der Waals surface area contributed by atoms with Gasteiger partial charge in [-0.2, -0.15) is 0 Å². The molecule has 104 valence electrons. The first-order valence-corrected chi connectivity index (χ1v) is 7.61. The quantitative estimate of drug-likeness (QED) is 0.812. The molecule has 0 spiro atoms. The summed E-state index contributed by atoms with van der Waals surface area (Å²) in [6.07, 6.45) is 0. The predicted octanol–water partition coefficient (Wildman–Crippen LogP) is 2.70. The average molecular weight is 290 g/mol. The Morgan fingerprint density at radius 1 is 0.950 bits per heavy atom. The molecule has 20 heavy (non-hydrogen) atoms. The fourth-order valence-electron chi connectivity index (χ4n) is 1.72. The Kier molecular flexibility index (Phi) is 4.20. The van der Waals surface area contributed by atoms with Crippen molar-refractivity contribution < 1.29 is 17.9 Å². The third-order valence-electron chi connectivity index (χ3n) is 2.73. The molecule has 0 aliphatic rings. The van der Waals surface area contributed by atoms with Crippen molar-refractivity contribution in [3.8, 4) is 0 Å². The highest BCUT2D eigenvalue weighted by molar-refractivity contribution is 7.91. The number of hydrogen-bond donors (Lipinski definition) is 0. The van der Waals surface area contributed by atoms with Crippen LogP contribution in [-0.4, -0.2) is 21.0 Å². The molecule has 0 aliphatic carbocycles. The van der Waals surface area contributed by atoms with E-state index in [0.29, 0.717) is 5.56 Å². The van der Waals surface area contributed by atoms with Gasteiger partial charge in [0.15, 0.2) is 0 Å². The van der Waals surface area contributed by atoms with Crippen molar-refractivity contribution in [2.24, 2.45) is 0 Å². The zero-order chi connectivity index (χ0) is 14.6. The maximum absolute atomic E-state index is 12.3. The summed E-state index contributed by atoms with van der Waals surface area (Å²) in [4.78, 5) is 11.9. The van der Waals surface area contributed by atoms with Crippen molar-refractivity contribution in [2.75, 3.05) is 6.61 Å². The minimum absolute atomic E-state index is 0.150. The van der Waals surface area contributed by atoms with E-state index >= 15 is 0 Å². The van der Waals surface area contributed by atoms with Gasteiger partial charge in [-0.3, -0.25) is 0 Å². The van der Waals surface area contributed by atoms with Gasteiger partial charge >= 0.3 is 5.97 Å². The van der Waals surface area contributed by atoms with E-state index in [1.54, 1.807) is 25.1 Å². The number of sulfone groups is 1. The summed E-state index contributed by atoms with van der Waals surface area (Å²) in [6, 6.07) is 13.9. The third kappa shape index (κ3) is 2.88. The first kappa shape index (κ1) is 14.3. The molecule has 0 saturated carbocycles. The Labute approximate surface area is 117 Å². The highest BCUT2D eigenvalue weighted by Crippen LogP contribution is 2.20. The summed E-state index contributed by atoms with van der Waals surface area (Å²) in [5, 5.41) is 0. The van der Waals surface area contributed by atoms with Gasteiger partial charge in [0.2, 0.25) is 9.84 Å². The van der Waals surface area contributed by atoms with Crippen LogP contribution in [0.1, 0.15) is 17.3 Å². The Balaban J connectivity index is 2.33. The monoisotopic (exact) mass is 290 g/mol. The predicted molar refractivity (Wildman–Crippen MR) is 74.3 cm³/mol. The van der Waals surface area contributed by atoms with Gasteiger partial charge in [0, 0.05) is 0 Å². The minimum atomic E-state index is -3.55. The van der Waals surface area contributed by atoms with Crippen molar-refractivity contribution in [3.63, 3.8) is 0 Å². The van der Waals surface area contributed by atoms with Crippen molar-refractivity contribution in [1.29, 1.82) is 0 Å². The van der Waals surface area contributed by atoms with Crippen LogP contribution in [0.15, 0.2) is 64.4 Å². The molecular formula is C15H14O4S. The molecule has 0 unspecified atom stereocenters. The highest BCUT2D eigenvalue weighted by atomic mass is 32.2. The van der Waals surface area contributed by atoms with Crippen LogP contribution in [0.2, 0.25) is 0 Å². The first-order chi connectivity index (χ1) is 9.55. The topological polar surface area (TPSA) is 60.4 Å². The average Bonchev–Trinajstić information content (AvgIpc) is 2.48. The molecule has 2 aromatic carbocycles. The fraction of sp³-hybridized carbons (Fsp3) is 0.133. The van der Waals surface area contributed by atoms with Gasteiger partial charge in [0.25, 0.3) is 0 Å². The summed E-state index contributed by atoms with van der Waals surface area (Å²) >= 11 is 0. The van der Waals surface area contributed by atoms with Gasteiger partial charge in [0.1, 0.15) is 0 Å². The summed E-state index contributed by atoms with van der Waals surface area (Å²) in [7, 11) is -3.55. The number of carbonyl (C=O) groups is 1. The maximum Gasteiger partial charge on any atom is 0.338 e. The molecule has 5 heteroatoms. The molecule has 0 saturated heterocycles. The molecule has 0 radical (unpaired) electrons. The number of rotatable bonds is 4. The van der Waals surface area contributed by atoms with Crippen LogP contribution >= 0.6 is 0 Å². The third-order valence-corrected chi connectivity index (χ3v) is 4.51. The number of ether oxygens (including phenoxy) is 1. The summed E-state index contributed by atoms with van der Waals surface area (Å²) in [5.41, 5.74) is 0.332. The summed E-state index contributed by atoms with van der Waals surface area (Å²) < 4.78 is 29.5. The lowest BCUT2D eigenvalue weighted by atomic mass is 10.2. The zero-order valence-corrected chi connectivity index (χ0v) is 11.8. The lowest BCUT2D eigenvalue weighted by Crippen LogP contribution is -2.06. The second-order valence-corrected chi connectivity index (χ2v) is 6.01. The van der Waals surface area contributed by atoms with Crippen LogP contribution in [0.5, 0.6) is 0 Å². The van der Waals surface area contributed by atoms with E-state index in [4.69, 9.17) is 4.74 Å². The standard InChI is InChI=1S/C15H14O4S/c1-2-19-15(16)12-8-10-14(11-9-12)20(17,18)13-6-4-3-5-7-13/h3-11H,2H2,1H3. The molecule has 0 aromatic heterocycles. The molecule has 2 rings (SSSR count). The van der Waals surface area contributed by atoms with Gasteiger partial charge in [0.05, 0.1) is 22.0 Å². The molecule has 0 bridgehead atoms. The Morgan fingerprint density at radius 3 is 2.05 bits per heavy atom. The molecule has 0 fully saturated rings. The summed E-state index contributed by atoms with van der Waals surface area (Å²) in [5.74, 6) is -0.462. The normalized spacial score (nSPS) is 11.1. The molecule has 0 N–H and O–H groups in total. The van der Waals surface area contributed by atoms with Crippen LogP contribution in [0.25, 0.3) is 0 Å². The molecular weight excluding hydrogens is 276 g/mol. The lowest BCUT2D eigenvalue weighted by molar-refractivity contribution is 0.0526. The number of hydrogen-bond acceptors (Lipinski definition) is 4. The first-order valence-electron chi connectivity index (χ1n) is 6.13. The fourth-order valence-corrected chi connectivity index (χ4v) is 3.00. The van der Waals surface area contributed by atoms with E-state index in [-0.39, 0.29) is 16.4 Å². The summed E-state index contributed by atoms with van der Waals surface area (Å²) in [6.45, 7) is 2.00. The molecule has 0 amide bonds. The van der Waals surface area contributed by atoms with Gasteiger partial charge in [-0.15, -0.1) is 0 Å². The second kappa shape index (κ2) is 5.88. The van der Waals surface area contributed by atoms with E-state index in [1.807, 2.05) is 0 Å². The number of esters is 1. The lowest BCUT2D eigenvalue weighted by Gasteiger charge is -2.06. The van der Waals surface area contributed by atoms with Crippen LogP contribution in [0.3, 0.4) is 0 Å². The Bertz CT molecular complexity index is 688. The number of benzene rings is 2. The van der Waals surface area contributed by atoms with Crippen molar-refractivity contribution in [3.05, 3.63) is 60.2 Å². The smallest absolute Gasteiger partial charge is 0.338 e. The van der Waals surface area contributed by atoms with Crippen molar-refractivity contribution in [1.82, 2.24) is 0 Å². The van der Waals surface area contributed by atoms with E-state index < -0.39 is 15.8 Å². The van der Waals surface area contributed by atoms with E-state index in [2.05, 4.69) is 0 Å².